The fourth-order valence-electron chi connectivity index (χ4n) is 4.53. The summed E-state index contributed by atoms with van der Waals surface area (Å²) in [5, 5.41) is 3.11. The van der Waals surface area contributed by atoms with Gasteiger partial charge < -0.3 is 19.7 Å². The predicted molar refractivity (Wildman–Crippen MR) is 114 cm³/mol. The Bertz CT molecular complexity index is 858. The Morgan fingerprint density at radius 3 is 2.13 bits per heavy atom. The van der Waals surface area contributed by atoms with E-state index in [0.29, 0.717) is 11.0 Å². The quantitative estimate of drug-likeness (QED) is 0.698. The Balaban J connectivity index is 1.30. The fourth-order valence-corrected chi connectivity index (χ4v) is 4.53. The van der Waals surface area contributed by atoms with Crippen LogP contribution in [0.5, 0.6) is 0 Å². The van der Waals surface area contributed by atoms with Crippen molar-refractivity contribution in [2.75, 3.05) is 20.2 Å². The number of carbonyl (C=O) groups excluding carboxylic acids is 3. The lowest BCUT2D eigenvalue weighted by molar-refractivity contribution is -0.126. The van der Waals surface area contributed by atoms with Gasteiger partial charge in [-0.2, -0.15) is 0 Å². The van der Waals surface area contributed by atoms with Crippen LogP contribution in [0.25, 0.3) is 0 Å². The van der Waals surface area contributed by atoms with Gasteiger partial charge in [-0.25, -0.2) is 9.59 Å². The zero-order valence-electron chi connectivity index (χ0n) is 18.7. The van der Waals surface area contributed by atoms with E-state index in [1.165, 1.54) is 20.0 Å². The second kappa shape index (κ2) is 7.84. The number of rotatable bonds is 6. The molecule has 1 saturated heterocycles. The summed E-state index contributed by atoms with van der Waals surface area (Å²) in [5.41, 5.74) is 0.648. The third-order valence-corrected chi connectivity index (χ3v) is 6.98. The summed E-state index contributed by atoms with van der Waals surface area (Å²) in [6.45, 7) is 5.04. The predicted octanol–water partition coefficient (Wildman–Crippen LogP) is 3.76. The lowest BCUT2D eigenvalue weighted by atomic mass is 9.94. The summed E-state index contributed by atoms with van der Waals surface area (Å²) in [6, 6.07) is 7.13. The molecular formula is C24H32N2O5. The summed E-state index contributed by atoms with van der Waals surface area (Å²) in [4.78, 5) is 38.8. The van der Waals surface area contributed by atoms with Crippen LogP contribution in [-0.4, -0.2) is 48.7 Å². The van der Waals surface area contributed by atoms with Gasteiger partial charge in [-0.1, -0.05) is 12.1 Å². The highest BCUT2D eigenvalue weighted by atomic mass is 16.6. The van der Waals surface area contributed by atoms with Crippen molar-refractivity contribution in [2.24, 2.45) is 5.41 Å². The van der Waals surface area contributed by atoms with E-state index in [-0.39, 0.29) is 24.4 Å². The van der Waals surface area contributed by atoms with Gasteiger partial charge in [0.15, 0.2) is 0 Å². The second-order valence-electron chi connectivity index (χ2n) is 9.99. The molecule has 0 bridgehead atoms. The molecule has 1 aliphatic heterocycles. The number of piperidine rings is 1. The molecule has 2 aliphatic carbocycles. The Morgan fingerprint density at radius 2 is 1.61 bits per heavy atom. The summed E-state index contributed by atoms with van der Waals surface area (Å²) in [6.07, 6.45) is 6.13. The first-order valence-corrected chi connectivity index (χ1v) is 11.1. The number of hydrogen-bond acceptors (Lipinski definition) is 5. The monoisotopic (exact) mass is 428 g/mol. The van der Waals surface area contributed by atoms with Gasteiger partial charge in [0, 0.05) is 13.1 Å². The zero-order chi connectivity index (χ0) is 22.3. The highest BCUT2D eigenvalue weighted by molar-refractivity contribution is 5.89. The smallest absolute Gasteiger partial charge is 0.410 e. The molecule has 1 spiro atoms. The van der Waals surface area contributed by atoms with Gasteiger partial charge in [0.05, 0.1) is 24.6 Å². The van der Waals surface area contributed by atoms with Gasteiger partial charge in [0.2, 0.25) is 5.91 Å². The van der Waals surface area contributed by atoms with E-state index in [2.05, 4.69) is 5.32 Å². The van der Waals surface area contributed by atoms with Crippen LogP contribution in [0.15, 0.2) is 24.3 Å². The number of methoxy groups -OCH3 is 1. The minimum absolute atomic E-state index is 0.0957. The number of nitrogens with one attached hydrogen (secondary N) is 1. The van der Waals surface area contributed by atoms with E-state index in [1.54, 1.807) is 30.9 Å². The number of ether oxygens (including phenoxy) is 2. The molecule has 4 rings (SSSR count). The van der Waals surface area contributed by atoms with Crippen LogP contribution < -0.4 is 5.32 Å². The molecule has 7 heteroatoms. The SMILES string of the molecule is COC(=O)c1ccc(C2(NC(=O)CC(C)(C)OC(=O)N3CCC4(CC3)CC4)CC2)cc1. The Morgan fingerprint density at radius 1 is 1.00 bits per heavy atom. The van der Waals surface area contributed by atoms with Gasteiger partial charge >= 0.3 is 12.1 Å². The van der Waals surface area contributed by atoms with Crippen molar-refractivity contribution in [3.8, 4) is 0 Å². The number of nitrogens with zero attached hydrogens (tertiary/aromatic N) is 1. The summed E-state index contributed by atoms with van der Waals surface area (Å²) >= 11 is 0. The molecule has 0 radical (unpaired) electrons. The maximum absolute atomic E-state index is 12.8. The highest BCUT2D eigenvalue weighted by Crippen LogP contribution is 2.53. The summed E-state index contributed by atoms with van der Waals surface area (Å²) < 4.78 is 10.4. The Hall–Kier alpha value is -2.57. The maximum atomic E-state index is 12.8. The normalized spacial score (nSPS) is 20.7. The Kier molecular flexibility index (Phi) is 5.48. The highest BCUT2D eigenvalue weighted by Gasteiger charge is 2.47. The van der Waals surface area contributed by atoms with Gasteiger partial charge in [-0.05, 0) is 75.5 Å². The van der Waals surface area contributed by atoms with Crippen LogP contribution >= 0.6 is 0 Å². The van der Waals surface area contributed by atoms with Crippen LogP contribution in [0.4, 0.5) is 4.79 Å². The summed E-state index contributed by atoms with van der Waals surface area (Å²) in [7, 11) is 1.35. The first-order chi connectivity index (χ1) is 14.7. The minimum Gasteiger partial charge on any atom is -0.465 e. The average Bonchev–Trinajstić information content (AvgIpc) is 3.66. The number of esters is 1. The number of amides is 2. The lowest BCUT2D eigenvalue weighted by Gasteiger charge is -2.34. The van der Waals surface area contributed by atoms with E-state index < -0.39 is 11.1 Å². The van der Waals surface area contributed by atoms with Gasteiger partial charge in [-0.15, -0.1) is 0 Å². The number of hydrogen-bond donors (Lipinski definition) is 1. The van der Waals surface area contributed by atoms with Crippen molar-refractivity contribution in [2.45, 2.75) is 69.9 Å². The summed E-state index contributed by atoms with van der Waals surface area (Å²) in [5.74, 6) is -0.534. The van der Waals surface area contributed by atoms with Crippen molar-refractivity contribution in [1.82, 2.24) is 10.2 Å². The average molecular weight is 429 g/mol. The van der Waals surface area contributed by atoms with Crippen molar-refractivity contribution >= 4 is 18.0 Å². The van der Waals surface area contributed by atoms with Gasteiger partial charge in [0.25, 0.3) is 0 Å². The van der Waals surface area contributed by atoms with E-state index in [4.69, 9.17) is 9.47 Å². The van der Waals surface area contributed by atoms with Crippen molar-refractivity contribution in [3.05, 3.63) is 35.4 Å². The first kappa shape index (κ1) is 21.7. The van der Waals surface area contributed by atoms with Crippen LogP contribution in [0.3, 0.4) is 0 Å². The molecule has 1 aromatic carbocycles. The van der Waals surface area contributed by atoms with E-state index in [0.717, 1.165) is 44.3 Å². The number of benzene rings is 1. The van der Waals surface area contributed by atoms with Crippen LogP contribution in [-0.2, 0) is 19.8 Å². The largest absolute Gasteiger partial charge is 0.465 e. The molecule has 3 aliphatic rings. The van der Waals surface area contributed by atoms with Crippen molar-refractivity contribution in [3.63, 3.8) is 0 Å². The molecule has 31 heavy (non-hydrogen) atoms. The third-order valence-electron chi connectivity index (χ3n) is 6.98. The van der Waals surface area contributed by atoms with E-state index >= 15 is 0 Å². The standard InChI is InChI=1S/C24H32N2O5/c1-22(2,31-21(29)26-14-12-23(8-9-23)13-15-26)16-19(27)25-24(10-11-24)18-6-4-17(5-7-18)20(28)30-3/h4-7H,8-16H2,1-3H3,(H,25,27). The molecule has 7 nitrogen and oxygen atoms in total. The molecule has 1 heterocycles. The molecule has 168 valence electrons. The Labute approximate surface area is 183 Å². The molecule has 0 unspecified atom stereocenters. The first-order valence-electron chi connectivity index (χ1n) is 11.1. The second-order valence-corrected chi connectivity index (χ2v) is 9.99. The van der Waals surface area contributed by atoms with Crippen LogP contribution in [0, 0.1) is 5.41 Å². The number of carbonyl (C=O) groups is 3. The molecule has 1 N–H and O–H groups in total. The van der Waals surface area contributed by atoms with E-state index in [1.807, 2.05) is 12.1 Å². The van der Waals surface area contributed by atoms with Crippen molar-refractivity contribution in [1.29, 1.82) is 0 Å². The van der Waals surface area contributed by atoms with Crippen LogP contribution in [0.1, 0.15) is 74.7 Å². The number of likely N-dealkylation sites (tertiary alicyclic amines) is 1. The third kappa shape index (κ3) is 4.86. The molecular weight excluding hydrogens is 396 g/mol. The van der Waals surface area contributed by atoms with Crippen LogP contribution in [0.2, 0.25) is 0 Å². The van der Waals surface area contributed by atoms with Gasteiger partial charge in [-0.3, -0.25) is 4.79 Å². The molecule has 3 fully saturated rings. The van der Waals surface area contributed by atoms with E-state index in [9.17, 15) is 14.4 Å². The molecule has 0 atom stereocenters. The molecule has 0 aromatic heterocycles. The molecule has 1 aromatic rings. The maximum Gasteiger partial charge on any atom is 0.410 e. The molecule has 2 amide bonds. The van der Waals surface area contributed by atoms with Crippen molar-refractivity contribution < 1.29 is 23.9 Å². The fraction of sp³-hybridized carbons (Fsp3) is 0.625. The van der Waals surface area contributed by atoms with Gasteiger partial charge in [0.1, 0.15) is 5.60 Å². The zero-order valence-corrected chi connectivity index (χ0v) is 18.7. The minimum atomic E-state index is -0.888. The molecule has 2 saturated carbocycles. The lowest BCUT2D eigenvalue weighted by Crippen LogP contribution is -2.45. The topological polar surface area (TPSA) is 84.9 Å².